The molecule has 0 aliphatic carbocycles. The summed E-state index contributed by atoms with van der Waals surface area (Å²) in [7, 11) is 0. The quantitative estimate of drug-likeness (QED) is 0.344. The molecule has 0 unspecified atom stereocenters. The molecule has 1 spiro atoms. The molecular formula is C28H19ClF2N4O3. The average molecular weight is 533 g/mol. The Balaban J connectivity index is 1.39. The molecule has 4 aromatic rings. The van der Waals surface area contributed by atoms with E-state index in [1.165, 1.54) is 30.3 Å². The fourth-order valence-corrected chi connectivity index (χ4v) is 6.54. The van der Waals surface area contributed by atoms with Gasteiger partial charge >= 0.3 is 0 Å². The van der Waals surface area contributed by atoms with E-state index in [4.69, 9.17) is 11.6 Å². The number of rotatable bonds is 3. The Morgan fingerprint density at radius 1 is 0.974 bits per heavy atom. The first-order valence-electron chi connectivity index (χ1n) is 12.1. The molecule has 7 rings (SSSR count). The Kier molecular flexibility index (Phi) is 4.83. The molecule has 3 aliphatic rings. The van der Waals surface area contributed by atoms with E-state index in [9.17, 15) is 23.2 Å². The van der Waals surface area contributed by atoms with Crippen LogP contribution in [0.5, 0.6) is 0 Å². The van der Waals surface area contributed by atoms with E-state index in [0.29, 0.717) is 12.1 Å². The summed E-state index contributed by atoms with van der Waals surface area (Å²) in [5.74, 6) is -5.06. The molecule has 7 nitrogen and oxygen atoms in total. The highest BCUT2D eigenvalue weighted by atomic mass is 35.5. The minimum absolute atomic E-state index is 0.111. The standard InChI is InChI=1S/C28H19ClF2N4O3/c29-18-11-15(6-7-19(18)31)35-25(36)23-22(9-13-12-32-20-4-2-1-3-16(13)20)34-28(24(23)26(35)37)17-10-14(30)5-8-21(17)33-27(28)38/h1-8,10-12,22-24,32,34H,9H2,(H,33,38)/t22-,23-,24+,28+/m1/s1. The van der Waals surface area contributed by atoms with Crippen molar-refractivity contribution in [3.8, 4) is 0 Å². The van der Waals surface area contributed by atoms with Crippen molar-refractivity contribution in [2.24, 2.45) is 11.8 Å². The lowest BCUT2D eigenvalue weighted by Crippen LogP contribution is -2.53. The predicted molar refractivity (Wildman–Crippen MR) is 137 cm³/mol. The van der Waals surface area contributed by atoms with Crippen LogP contribution < -0.4 is 15.5 Å². The molecule has 2 fully saturated rings. The van der Waals surface area contributed by atoms with Gasteiger partial charge in [-0.25, -0.2) is 13.7 Å². The summed E-state index contributed by atoms with van der Waals surface area (Å²) in [5, 5.41) is 6.78. The second-order valence-corrected chi connectivity index (χ2v) is 10.3. The average Bonchev–Trinajstić information content (AvgIpc) is 3.60. The first-order chi connectivity index (χ1) is 18.3. The summed E-state index contributed by atoms with van der Waals surface area (Å²) in [4.78, 5) is 45.7. The Bertz CT molecular complexity index is 1700. The van der Waals surface area contributed by atoms with Crippen LogP contribution in [0.15, 0.2) is 66.9 Å². The Morgan fingerprint density at radius 3 is 2.61 bits per heavy atom. The number of imide groups is 1. The van der Waals surface area contributed by atoms with E-state index >= 15 is 0 Å². The van der Waals surface area contributed by atoms with Crippen LogP contribution in [0.25, 0.3) is 10.9 Å². The number of aromatic amines is 1. The highest BCUT2D eigenvalue weighted by molar-refractivity contribution is 6.32. The first kappa shape index (κ1) is 23.1. The van der Waals surface area contributed by atoms with Gasteiger partial charge in [-0.05, 0) is 54.4 Å². The largest absolute Gasteiger partial charge is 0.361 e. The number of fused-ring (bicyclic) bond motifs is 5. The molecule has 2 saturated heterocycles. The van der Waals surface area contributed by atoms with E-state index in [0.717, 1.165) is 27.4 Å². The first-order valence-corrected chi connectivity index (χ1v) is 12.4. The number of amides is 3. The number of carbonyl (C=O) groups is 3. The van der Waals surface area contributed by atoms with Crippen molar-refractivity contribution in [2.45, 2.75) is 18.0 Å². The predicted octanol–water partition coefficient (Wildman–Crippen LogP) is 4.27. The SMILES string of the molecule is O=C1[C@H]2[C@@H](C(=O)N1c1ccc(F)c(Cl)c1)[C@]1(N[C@@H]2Cc2c[nH]c3ccccc23)C(=O)Nc2ccc(F)cc21. The second-order valence-electron chi connectivity index (χ2n) is 9.88. The molecule has 3 amide bonds. The van der Waals surface area contributed by atoms with Crippen molar-refractivity contribution in [3.05, 3.63) is 94.6 Å². The molecular weight excluding hydrogens is 514 g/mol. The maximum Gasteiger partial charge on any atom is 0.250 e. The van der Waals surface area contributed by atoms with Gasteiger partial charge in [0, 0.05) is 34.4 Å². The third kappa shape index (κ3) is 3.00. The van der Waals surface area contributed by atoms with Crippen molar-refractivity contribution < 1.29 is 23.2 Å². The fraction of sp³-hybridized carbons (Fsp3) is 0.179. The van der Waals surface area contributed by atoms with Crippen molar-refractivity contribution in [3.63, 3.8) is 0 Å². The molecule has 4 heterocycles. The lowest BCUT2D eigenvalue weighted by molar-refractivity contribution is -0.130. The van der Waals surface area contributed by atoms with Gasteiger partial charge in [-0.15, -0.1) is 0 Å². The zero-order chi connectivity index (χ0) is 26.3. The third-order valence-corrected chi connectivity index (χ3v) is 8.24. The molecule has 3 aromatic carbocycles. The summed E-state index contributed by atoms with van der Waals surface area (Å²) in [6, 6.07) is 14.5. The smallest absolute Gasteiger partial charge is 0.250 e. The fourth-order valence-electron chi connectivity index (χ4n) is 6.36. The number of para-hydroxylation sites is 1. The Hall–Kier alpha value is -4.08. The van der Waals surface area contributed by atoms with Crippen molar-refractivity contribution in [1.29, 1.82) is 0 Å². The molecule has 38 heavy (non-hydrogen) atoms. The van der Waals surface area contributed by atoms with Crippen LogP contribution >= 0.6 is 11.6 Å². The van der Waals surface area contributed by atoms with Gasteiger partial charge in [0.05, 0.1) is 22.5 Å². The molecule has 3 aliphatic heterocycles. The van der Waals surface area contributed by atoms with Gasteiger partial charge in [-0.3, -0.25) is 19.7 Å². The summed E-state index contributed by atoms with van der Waals surface area (Å²) >= 11 is 5.97. The van der Waals surface area contributed by atoms with Crippen molar-refractivity contribution in [2.75, 3.05) is 10.2 Å². The Labute approximate surface area is 219 Å². The lowest BCUT2D eigenvalue weighted by Gasteiger charge is -2.29. The van der Waals surface area contributed by atoms with Gasteiger partial charge < -0.3 is 10.3 Å². The van der Waals surface area contributed by atoms with Gasteiger partial charge in [-0.2, -0.15) is 0 Å². The number of nitrogens with zero attached hydrogens (tertiary/aromatic N) is 1. The van der Waals surface area contributed by atoms with E-state index < -0.39 is 52.8 Å². The van der Waals surface area contributed by atoms with Crippen LogP contribution in [-0.4, -0.2) is 28.7 Å². The molecule has 0 bridgehead atoms. The van der Waals surface area contributed by atoms with Gasteiger partial charge in [0.1, 0.15) is 17.2 Å². The van der Waals surface area contributed by atoms with Gasteiger partial charge in [-0.1, -0.05) is 29.8 Å². The minimum atomic E-state index is -1.66. The van der Waals surface area contributed by atoms with Crippen LogP contribution in [0, 0.1) is 23.5 Å². The minimum Gasteiger partial charge on any atom is -0.361 e. The summed E-state index contributed by atoms with van der Waals surface area (Å²) < 4.78 is 28.3. The number of hydrogen-bond donors (Lipinski definition) is 3. The number of anilines is 2. The second kappa shape index (κ2) is 7.96. The van der Waals surface area contributed by atoms with E-state index in [1.807, 2.05) is 30.5 Å². The summed E-state index contributed by atoms with van der Waals surface area (Å²) in [6.07, 6.45) is 2.16. The van der Waals surface area contributed by atoms with E-state index in [2.05, 4.69) is 15.6 Å². The van der Waals surface area contributed by atoms with Gasteiger partial charge in [0.25, 0.3) is 0 Å². The van der Waals surface area contributed by atoms with Crippen LogP contribution in [0.4, 0.5) is 20.2 Å². The van der Waals surface area contributed by atoms with Crippen molar-refractivity contribution >= 4 is 51.6 Å². The van der Waals surface area contributed by atoms with Gasteiger partial charge in [0.15, 0.2) is 0 Å². The van der Waals surface area contributed by atoms with Crippen LogP contribution in [0.1, 0.15) is 11.1 Å². The van der Waals surface area contributed by atoms with Crippen LogP contribution in [0.2, 0.25) is 5.02 Å². The zero-order valence-corrected chi connectivity index (χ0v) is 20.4. The topological polar surface area (TPSA) is 94.3 Å². The van der Waals surface area contributed by atoms with E-state index in [-0.39, 0.29) is 16.3 Å². The lowest BCUT2D eigenvalue weighted by atomic mass is 9.76. The molecule has 0 saturated carbocycles. The number of aromatic nitrogens is 1. The van der Waals surface area contributed by atoms with Crippen LogP contribution in [0.3, 0.4) is 0 Å². The number of nitrogens with one attached hydrogen (secondary N) is 3. The molecule has 3 N–H and O–H groups in total. The monoisotopic (exact) mass is 532 g/mol. The zero-order valence-electron chi connectivity index (χ0n) is 19.6. The number of H-pyrrole nitrogens is 1. The third-order valence-electron chi connectivity index (χ3n) is 7.95. The molecule has 10 heteroatoms. The Morgan fingerprint density at radius 2 is 1.79 bits per heavy atom. The van der Waals surface area contributed by atoms with Crippen molar-refractivity contribution in [1.82, 2.24) is 10.3 Å². The molecule has 0 radical (unpaired) electrons. The number of benzene rings is 3. The summed E-state index contributed by atoms with van der Waals surface area (Å²) in [6.45, 7) is 0. The number of halogens is 3. The normalized spacial score (nSPS) is 25.9. The molecule has 190 valence electrons. The van der Waals surface area contributed by atoms with E-state index in [1.54, 1.807) is 0 Å². The maximum atomic E-state index is 14.5. The number of hydrogen-bond acceptors (Lipinski definition) is 4. The van der Waals surface area contributed by atoms with Gasteiger partial charge in [0.2, 0.25) is 17.7 Å². The maximum absolute atomic E-state index is 14.5. The summed E-state index contributed by atoms with van der Waals surface area (Å²) in [5.41, 5.74) is 0.909. The highest BCUT2D eigenvalue weighted by Crippen LogP contribution is 2.54. The molecule has 1 aromatic heterocycles. The molecule has 4 atom stereocenters. The number of carbonyl (C=O) groups excluding carboxylic acids is 3. The highest BCUT2D eigenvalue weighted by Gasteiger charge is 2.70. The van der Waals surface area contributed by atoms with Crippen LogP contribution in [-0.2, 0) is 26.3 Å².